The van der Waals surface area contributed by atoms with Crippen LogP contribution >= 0.6 is 0 Å². The third-order valence-corrected chi connectivity index (χ3v) is 2.40. The molecule has 1 amide bonds. The van der Waals surface area contributed by atoms with Gasteiger partial charge in [0.25, 0.3) is 0 Å². The summed E-state index contributed by atoms with van der Waals surface area (Å²) in [6, 6.07) is 0. The van der Waals surface area contributed by atoms with Gasteiger partial charge in [0, 0.05) is 6.42 Å². The molecule has 1 rings (SSSR count). The van der Waals surface area contributed by atoms with Crippen LogP contribution in [0.25, 0.3) is 0 Å². The van der Waals surface area contributed by atoms with Crippen LogP contribution < -0.4 is 11.5 Å². The van der Waals surface area contributed by atoms with Gasteiger partial charge in [-0.3, -0.25) is 4.79 Å². The van der Waals surface area contributed by atoms with E-state index in [0.29, 0.717) is 13.0 Å². The van der Waals surface area contributed by atoms with E-state index in [2.05, 4.69) is 0 Å². The van der Waals surface area contributed by atoms with Gasteiger partial charge in [0.15, 0.2) is 0 Å². The highest BCUT2D eigenvalue weighted by Gasteiger charge is 2.36. The maximum atomic E-state index is 10.5. The van der Waals surface area contributed by atoms with E-state index in [9.17, 15) is 4.79 Å². The van der Waals surface area contributed by atoms with Crippen molar-refractivity contribution in [2.45, 2.75) is 25.7 Å². The Balaban J connectivity index is 2.40. The number of nitrogens with two attached hydrogens (primary N) is 2. The molecule has 0 radical (unpaired) electrons. The van der Waals surface area contributed by atoms with Crippen LogP contribution in [0, 0.1) is 5.41 Å². The number of carbonyl (C=O) groups is 1. The van der Waals surface area contributed by atoms with Crippen LogP contribution in [0.1, 0.15) is 25.7 Å². The van der Waals surface area contributed by atoms with Crippen molar-refractivity contribution in [1.29, 1.82) is 0 Å². The van der Waals surface area contributed by atoms with E-state index in [1.54, 1.807) is 0 Å². The fraction of sp³-hybridized carbons (Fsp3) is 0.857. The number of primary amides is 1. The van der Waals surface area contributed by atoms with E-state index < -0.39 is 0 Å². The standard InChI is InChI=1S/C7H14N2O/c8-5-7(2-1-3-7)4-6(9)10/h1-5,8H2,(H2,9,10). The molecule has 1 fully saturated rings. The van der Waals surface area contributed by atoms with Gasteiger partial charge in [-0.05, 0) is 24.8 Å². The van der Waals surface area contributed by atoms with Crippen molar-refractivity contribution in [3.8, 4) is 0 Å². The Morgan fingerprint density at radius 2 is 2.10 bits per heavy atom. The lowest BCUT2D eigenvalue weighted by molar-refractivity contribution is -0.121. The zero-order valence-electron chi connectivity index (χ0n) is 6.10. The van der Waals surface area contributed by atoms with E-state index in [0.717, 1.165) is 12.8 Å². The summed E-state index contributed by atoms with van der Waals surface area (Å²) in [5, 5.41) is 0. The van der Waals surface area contributed by atoms with Gasteiger partial charge in [-0.2, -0.15) is 0 Å². The molecule has 58 valence electrons. The molecule has 0 aromatic carbocycles. The molecule has 0 unspecified atom stereocenters. The maximum Gasteiger partial charge on any atom is 0.218 e. The number of hydrogen-bond donors (Lipinski definition) is 2. The van der Waals surface area contributed by atoms with E-state index in [-0.39, 0.29) is 11.3 Å². The van der Waals surface area contributed by atoms with Crippen LogP contribution in [0.2, 0.25) is 0 Å². The highest BCUT2D eigenvalue weighted by Crippen LogP contribution is 2.42. The van der Waals surface area contributed by atoms with Crippen LogP contribution in [-0.4, -0.2) is 12.5 Å². The van der Waals surface area contributed by atoms with Crippen molar-refractivity contribution >= 4 is 5.91 Å². The normalized spacial score (nSPS) is 21.7. The topological polar surface area (TPSA) is 69.1 Å². The number of amides is 1. The number of hydrogen-bond acceptors (Lipinski definition) is 2. The summed E-state index contributed by atoms with van der Waals surface area (Å²) in [5.41, 5.74) is 10.7. The average Bonchev–Trinajstić information content (AvgIpc) is 1.78. The van der Waals surface area contributed by atoms with Crippen LogP contribution in [0.4, 0.5) is 0 Å². The Hall–Kier alpha value is -0.570. The molecule has 10 heavy (non-hydrogen) atoms. The highest BCUT2D eigenvalue weighted by atomic mass is 16.1. The van der Waals surface area contributed by atoms with Gasteiger partial charge in [-0.1, -0.05) is 6.42 Å². The molecular formula is C7H14N2O. The summed E-state index contributed by atoms with van der Waals surface area (Å²) in [6.45, 7) is 0.607. The first kappa shape index (κ1) is 7.54. The van der Waals surface area contributed by atoms with Crippen LogP contribution in [0.15, 0.2) is 0 Å². The summed E-state index contributed by atoms with van der Waals surface area (Å²) >= 11 is 0. The molecule has 1 aliphatic rings. The van der Waals surface area contributed by atoms with Gasteiger partial charge in [0.1, 0.15) is 0 Å². The summed E-state index contributed by atoms with van der Waals surface area (Å²) in [4.78, 5) is 10.5. The Morgan fingerprint density at radius 3 is 2.20 bits per heavy atom. The third-order valence-electron chi connectivity index (χ3n) is 2.40. The minimum Gasteiger partial charge on any atom is -0.370 e. The second-order valence-corrected chi connectivity index (χ2v) is 3.20. The molecule has 0 bridgehead atoms. The summed E-state index contributed by atoms with van der Waals surface area (Å²) in [7, 11) is 0. The molecule has 0 atom stereocenters. The van der Waals surface area contributed by atoms with Gasteiger partial charge in [-0.15, -0.1) is 0 Å². The average molecular weight is 142 g/mol. The second-order valence-electron chi connectivity index (χ2n) is 3.20. The fourth-order valence-electron chi connectivity index (χ4n) is 1.50. The van der Waals surface area contributed by atoms with Gasteiger partial charge in [-0.25, -0.2) is 0 Å². The molecular weight excluding hydrogens is 128 g/mol. The lowest BCUT2D eigenvalue weighted by Gasteiger charge is -2.39. The van der Waals surface area contributed by atoms with E-state index in [4.69, 9.17) is 11.5 Å². The monoisotopic (exact) mass is 142 g/mol. The quantitative estimate of drug-likeness (QED) is 0.582. The predicted octanol–water partition coefficient (Wildman–Crippen LogP) is -0.00920. The number of carbonyl (C=O) groups excluding carboxylic acids is 1. The molecule has 0 heterocycles. The minimum atomic E-state index is -0.217. The summed E-state index contributed by atoms with van der Waals surface area (Å²) in [5.74, 6) is -0.217. The smallest absolute Gasteiger partial charge is 0.218 e. The first-order chi connectivity index (χ1) is 4.68. The second kappa shape index (κ2) is 2.58. The first-order valence-corrected chi connectivity index (χ1v) is 3.67. The Bertz CT molecular complexity index is 135. The predicted molar refractivity (Wildman–Crippen MR) is 39.1 cm³/mol. The van der Waals surface area contributed by atoms with Crippen molar-refractivity contribution in [3.63, 3.8) is 0 Å². The van der Waals surface area contributed by atoms with Gasteiger partial charge in [0.05, 0.1) is 0 Å². The van der Waals surface area contributed by atoms with Crippen molar-refractivity contribution in [2.24, 2.45) is 16.9 Å². The van der Waals surface area contributed by atoms with E-state index >= 15 is 0 Å². The zero-order valence-corrected chi connectivity index (χ0v) is 6.10. The van der Waals surface area contributed by atoms with E-state index in [1.807, 2.05) is 0 Å². The lowest BCUT2D eigenvalue weighted by Crippen LogP contribution is -2.40. The molecule has 4 N–H and O–H groups in total. The Morgan fingerprint density at radius 1 is 1.50 bits per heavy atom. The van der Waals surface area contributed by atoms with Crippen LogP contribution in [0.5, 0.6) is 0 Å². The van der Waals surface area contributed by atoms with Crippen LogP contribution in [0.3, 0.4) is 0 Å². The van der Waals surface area contributed by atoms with Crippen LogP contribution in [-0.2, 0) is 4.79 Å². The van der Waals surface area contributed by atoms with Crippen molar-refractivity contribution in [3.05, 3.63) is 0 Å². The minimum absolute atomic E-state index is 0.0891. The molecule has 0 saturated heterocycles. The van der Waals surface area contributed by atoms with Gasteiger partial charge >= 0.3 is 0 Å². The molecule has 0 aliphatic heterocycles. The highest BCUT2D eigenvalue weighted by molar-refractivity contribution is 5.74. The van der Waals surface area contributed by atoms with E-state index in [1.165, 1.54) is 6.42 Å². The van der Waals surface area contributed by atoms with Crippen molar-refractivity contribution in [2.75, 3.05) is 6.54 Å². The summed E-state index contributed by atoms with van der Waals surface area (Å²) < 4.78 is 0. The molecule has 3 nitrogen and oxygen atoms in total. The maximum absolute atomic E-state index is 10.5. The Labute approximate surface area is 60.8 Å². The molecule has 0 aromatic rings. The Kier molecular flexibility index (Phi) is 1.94. The molecule has 1 aliphatic carbocycles. The number of rotatable bonds is 3. The van der Waals surface area contributed by atoms with Gasteiger partial charge in [0.2, 0.25) is 5.91 Å². The first-order valence-electron chi connectivity index (χ1n) is 3.67. The van der Waals surface area contributed by atoms with Gasteiger partial charge < -0.3 is 11.5 Å². The molecule has 3 heteroatoms. The molecule has 0 aromatic heterocycles. The zero-order chi connectivity index (χ0) is 7.61. The van der Waals surface area contributed by atoms with Crippen molar-refractivity contribution in [1.82, 2.24) is 0 Å². The lowest BCUT2D eigenvalue weighted by atomic mass is 9.66. The SMILES string of the molecule is NCC1(CC(N)=O)CCC1. The molecule has 0 spiro atoms. The largest absolute Gasteiger partial charge is 0.370 e. The third kappa shape index (κ3) is 1.29. The fourth-order valence-corrected chi connectivity index (χ4v) is 1.50. The molecule has 1 saturated carbocycles. The summed E-state index contributed by atoms with van der Waals surface area (Å²) in [6.07, 6.45) is 3.83. The van der Waals surface area contributed by atoms with Crippen molar-refractivity contribution < 1.29 is 4.79 Å².